The van der Waals surface area contributed by atoms with Crippen LogP contribution < -0.4 is 4.74 Å². The lowest BCUT2D eigenvalue weighted by atomic mass is 10.2. The molecule has 0 spiro atoms. The second-order valence-corrected chi connectivity index (χ2v) is 7.73. The summed E-state index contributed by atoms with van der Waals surface area (Å²) in [4.78, 5) is 0.241. The van der Waals surface area contributed by atoms with E-state index in [0.29, 0.717) is 16.8 Å². The van der Waals surface area contributed by atoms with E-state index in [9.17, 15) is 8.42 Å². The predicted octanol–water partition coefficient (Wildman–Crippen LogP) is 4.54. The van der Waals surface area contributed by atoms with Crippen LogP contribution in [0.3, 0.4) is 0 Å². The zero-order valence-corrected chi connectivity index (χ0v) is 14.6. The monoisotopic (exact) mass is 418 g/mol. The normalized spacial score (nSPS) is 11.3. The summed E-state index contributed by atoms with van der Waals surface area (Å²) >= 11 is 6.80. The molecule has 0 radical (unpaired) electrons. The van der Waals surface area contributed by atoms with E-state index in [1.807, 2.05) is 18.2 Å². The number of benzene rings is 2. The Bertz CT molecular complexity index is 727. The lowest BCUT2D eigenvalue weighted by molar-refractivity contribution is 0.476. The first-order valence-corrected chi connectivity index (χ1v) is 9.53. The van der Waals surface area contributed by atoms with Gasteiger partial charge in [0, 0.05) is 21.6 Å². The fraction of sp³-hybridized carbons (Fsp3) is 0.143. The van der Waals surface area contributed by atoms with Crippen molar-refractivity contribution in [1.29, 1.82) is 0 Å². The van der Waals surface area contributed by atoms with Crippen molar-refractivity contribution in [3.05, 3.63) is 52.5 Å². The molecule has 0 atom stereocenters. The highest BCUT2D eigenvalue weighted by Gasteiger charge is 2.10. The van der Waals surface area contributed by atoms with E-state index in [1.54, 1.807) is 18.2 Å². The molecule has 0 N–H and O–H groups in total. The van der Waals surface area contributed by atoms with E-state index in [-0.39, 0.29) is 4.90 Å². The van der Waals surface area contributed by atoms with Gasteiger partial charge in [-0.1, -0.05) is 44.0 Å². The van der Waals surface area contributed by atoms with Crippen molar-refractivity contribution >= 4 is 41.7 Å². The molecule has 0 saturated heterocycles. The van der Waals surface area contributed by atoms with E-state index in [1.165, 1.54) is 12.3 Å². The minimum atomic E-state index is -3.24. The number of hydrogen-bond acceptors (Lipinski definition) is 3. The molecular formula is C14H12Br2O3S. The molecule has 0 unspecified atom stereocenters. The first kappa shape index (κ1) is 15.5. The fourth-order valence-corrected chi connectivity index (χ4v) is 3.09. The summed E-state index contributed by atoms with van der Waals surface area (Å²) in [6, 6.07) is 12.2. The maximum atomic E-state index is 11.5. The first-order valence-electron chi connectivity index (χ1n) is 5.72. The van der Waals surface area contributed by atoms with Crippen LogP contribution in [0.25, 0.3) is 0 Å². The molecule has 0 aliphatic rings. The van der Waals surface area contributed by atoms with Crippen molar-refractivity contribution in [3.8, 4) is 11.5 Å². The Morgan fingerprint density at radius 1 is 1.15 bits per heavy atom. The van der Waals surface area contributed by atoms with Gasteiger partial charge in [0.05, 0.1) is 4.90 Å². The quantitative estimate of drug-likeness (QED) is 0.683. The van der Waals surface area contributed by atoms with Gasteiger partial charge in [-0.15, -0.1) is 0 Å². The summed E-state index contributed by atoms with van der Waals surface area (Å²) in [6.07, 6.45) is 1.18. The van der Waals surface area contributed by atoms with Gasteiger partial charge in [0.1, 0.15) is 11.5 Å². The zero-order valence-electron chi connectivity index (χ0n) is 10.6. The zero-order chi connectivity index (χ0) is 14.8. The molecule has 2 rings (SSSR count). The fourth-order valence-electron chi connectivity index (χ4n) is 1.63. The van der Waals surface area contributed by atoms with Crippen LogP contribution in [0.15, 0.2) is 51.8 Å². The summed E-state index contributed by atoms with van der Waals surface area (Å²) in [7, 11) is -3.24. The highest BCUT2D eigenvalue weighted by atomic mass is 79.9. The van der Waals surface area contributed by atoms with Gasteiger partial charge in [-0.2, -0.15) is 0 Å². The van der Waals surface area contributed by atoms with Gasteiger partial charge in [0.15, 0.2) is 9.84 Å². The van der Waals surface area contributed by atoms with Gasteiger partial charge < -0.3 is 4.74 Å². The molecule has 106 valence electrons. The number of hydrogen-bond donors (Lipinski definition) is 0. The van der Waals surface area contributed by atoms with Gasteiger partial charge in [-0.3, -0.25) is 0 Å². The molecule has 0 bridgehead atoms. The molecule has 3 nitrogen and oxygen atoms in total. The Morgan fingerprint density at radius 2 is 1.90 bits per heavy atom. The molecule has 0 heterocycles. The molecular weight excluding hydrogens is 408 g/mol. The highest BCUT2D eigenvalue weighted by molar-refractivity contribution is 9.10. The molecule has 2 aromatic rings. The van der Waals surface area contributed by atoms with Crippen molar-refractivity contribution in [2.75, 3.05) is 6.26 Å². The van der Waals surface area contributed by atoms with Crippen LogP contribution in [-0.2, 0) is 15.2 Å². The van der Waals surface area contributed by atoms with E-state index in [2.05, 4.69) is 31.9 Å². The van der Waals surface area contributed by atoms with Crippen LogP contribution in [0.2, 0.25) is 0 Å². The molecule has 0 amide bonds. The number of rotatable bonds is 4. The number of sulfone groups is 1. The van der Waals surface area contributed by atoms with E-state index < -0.39 is 9.84 Å². The minimum Gasteiger partial charge on any atom is -0.457 e. The maximum absolute atomic E-state index is 11.5. The Hall–Kier alpha value is -0.850. The van der Waals surface area contributed by atoms with E-state index >= 15 is 0 Å². The second kappa shape index (κ2) is 6.28. The Morgan fingerprint density at radius 3 is 2.55 bits per heavy atom. The molecule has 6 heteroatoms. The largest absolute Gasteiger partial charge is 0.457 e. The third-order valence-corrected chi connectivity index (χ3v) is 4.84. The standard InChI is InChI=1S/C14H12Br2O3S/c1-20(17,18)13-4-2-3-12(8-13)19-14-7-11(16)6-5-10(14)9-15/h2-8H,9H2,1H3. The van der Waals surface area contributed by atoms with Crippen molar-refractivity contribution in [2.24, 2.45) is 0 Å². The van der Waals surface area contributed by atoms with Crippen molar-refractivity contribution in [1.82, 2.24) is 0 Å². The summed E-state index contributed by atoms with van der Waals surface area (Å²) in [5, 5.41) is 0.654. The molecule has 2 aromatic carbocycles. The third kappa shape index (κ3) is 3.84. The second-order valence-electron chi connectivity index (χ2n) is 4.23. The number of halogens is 2. The Labute approximate surface area is 135 Å². The Kier molecular flexibility index (Phi) is 4.88. The van der Waals surface area contributed by atoms with E-state index in [4.69, 9.17) is 4.74 Å². The van der Waals surface area contributed by atoms with Crippen LogP contribution in [0, 0.1) is 0 Å². The summed E-state index contributed by atoms with van der Waals surface area (Å²) in [5.41, 5.74) is 0.984. The predicted molar refractivity (Wildman–Crippen MR) is 86.4 cm³/mol. The van der Waals surface area contributed by atoms with Crippen molar-refractivity contribution in [3.63, 3.8) is 0 Å². The van der Waals surface area contributed by atoms with Gasteiger partial charge in [-0.05, 0) is 30.3 Å². The minimum absolute atomic E-state index is 0.241. The van der Waals surface area contributed by atoms with Gasteiger partial charge >= 0.3 is 0 Å². The summed E-state index contributed by atoms with van der Waals surface area (Å²) in [6.45, 7) is 0. The average molecular weight is 420 g/mol. The van der Waals surface area contributed by atoms with Crippen LogP contribution in [0.1, 0.15) is 5.56 Å². The lowest BCUT2D eigenvalue weighted by Crippen LogP contribution is -1.97. The molecule has 20 heavy (non-hydrogen) atoms. The molecule has 0 aliphatic carbocycles. The number of ether oxygens (including phenoxy) is 1. The Balaban J connectivity index is 2.38. The van der Waals surface area contributed by atoms with Crippen molar-refractivity contribution in [2.45, 2.75) is 10.2 Å². The van der Waals surface area contributed by atoms with Crippen molar-refractivity contribution < 1.29 is 13.2 Å². The van der Waals surface area contributed by atoms with E-state index in [0.717, 1.165) is 10.0 Å². The van der Waals surface area contributed by atoms with Crippen LogP contribution in [-0.4, -0.2) is 14.7 Å². The van der Waals surface area contributed by atoms with Gasteiger partial charge in [0.2, 0.25) is 0 Å². The summed E-state index contributed by atoms with van der Waals surface area (Å²) < 4.78 is 29.8. The van der Waals surface area contributed by atoms with Gasteiger partial charge in [0.25, 0.3) is 0 Å². The first-order chi connectivity index (χ1) is 9.40. The molecule has 0 aromatic heterocycles. The molecule has 0 saturated carbocycles. The topological polar surface area (TPSA) is 43.4 Å². The SMILES string of the molecule is CS(=O)(=O)c1cccc(Oc2cc(Br)ccc2CBr)c1. The van der Waals surface area contributed by atoms with Crippen LogP contribution in [0.5, 0.6) is 11.5 Å². The van der Waals surface area contributed by atoms with Crippen LogP contribution in [0.4, 0.5) is 0 Å². The smallest absolute Gasteiger partial charge is 0.175 e. The molecule has 0 aliphatic heterocycles. The maximum Gasteiger partial charge on any atom is 0.175 e. The van der Waals surface area contributed by atoms with Crippen LogP contribution >= 0.6 is 31.9 Å². The highest BCUT2D eigenvalue weighted by Crippen LogP contribution is 2.30. The number of alkyl halides is 1. The average Bonchev–Trinajstić information content (AvgIpc) is 2.38. The summed E-state index contributed by atoms with van der Waals surface area (Å²) in [5.74, 6) is 1.18. The van der Waals surface area contributed by atoms with Gasteiger partial charge in [-0.25, -0.2) is 8.42 Å². The lowest BCUT2D eigenvalue weighted by Gasteiger charge is -2.11. The third-order valence-electron chi connectivity index (χ3n) is 2.63. The molecule has 0 fully saturated rings.